The molecule has 0 fully saturated rings. The number of rotatable bonds is 7. The van der Waals surface area contributed by atoms with Gasteiger partial charge in [0.15, 0.2) is 0 Å². The number of benzene rings is 2. The van der Waals surface area contributed by atoms with Gasteiger partial charge in [0.05, 0.1) is 43.4 Å². The molecule has 0 saturated heterocycles. The highest BCUT2D eigenvalue weighted by Crippen LogP contribution is 2.37. The number of hydrogen-bond acceptors (Lipinski definition) is 4. The van der Waals surface area contributed by atoms with E-state index in [1.807, 2.05) is 0 Å². The number of carbonyl (C=O) groups excluding carboxylic acids is 1. The fourth-order valence-corrected chi connectivity index (χ4v) is 4.29. The number of alkyl halides is 2. The SMILES string of the molecule is COCc1cc(F)c(CN2C(=O)N(c3cnc(OC)c(C(C)(F)F)c3)CCc3c(F)cccc32)c(F)c1. The molecule has 2 amide bonds. The molecule has 1 aliphatic rings. The number of fused-ring (bicyclic) bond motifs is 1. The molecule has 1 aliphatic heterocycles. The smallest absolute Gasteiger partial charge is 0.329 e. The van der Waals surface area contributed by atoms with Crippen LogP contribution in [0.25, 0.3) is 0 Å². The first-order valence-corrected chi connectivity index (χ1v) is 11.3. The molecule has 11 heteroatoms. The molecule has 3 aromatic rings. The normalized spacial score (nSPS) is 14.0. The van der Waals surface area contributed by atoms with E-state index in [4.69, 9.17) is 9.47 Å². The summed E-state index contributed by atoms with van der Waals surface area (Å²) in [5.74, 6) is -6.08. The van der Waals surface area contributed by atoms with Crippen LogP contribution < -0.4 is 14.5 Å². The van der Waals surface area contributed by atoms with E-state index in [2.05, 4.69) is 4.98 Å². The third-order valence-electron chi connectivity index (χ3n) is 6.07. The maximum absolute atomic E-state index is 14.9. The van der Waals surface area contributed by atoms with Crippen molar-refractivity contribution in [1.29, 1.82) is 0 Å². The summed E-state index contributed by atoms with van der Waals surface area (Å²) < 4.78 is 83.0. The van der Waals surface area contributed by atoms with Crippen LogP contribution in [0, 0.1) is 17.5 Å². The van der Waals surface area contributed by atoms with Crippen LogP contribution >= 0.6 is 0 Å². The van der Waals surface area contributed by atoms with Gasteiger partial charge in [0.2, 0.25) is 5.88 Å². The molecular formula is C26H24F5N3O3. The highest BCUT2D eigenvalue weighted by molar-refractivity contribution is 6.04. The van der Waals surface area contributed by atoms with Gasteiger partial charge in [-0.1, -0.05) is 6.07 Å². The monoisotopic (exact) mass is 521 g/mol. The number of pyridine rings is 1. The maximum Gasteiger partial charge on any atom is 0.329 e. The zero-order chi connectivity index (χ0) is 26.9. The summed E-state index contributed by atoms with van der Waals surface area (Å²) in [4.78, 5) is 19.8. The Morgan fingerprint density at radius 2 is 1.76 bits per heavy atom. The van der Waals surface area contributed by atoms with E-state index in [-0.39, 0.29) is 48.0 Å². The lowest BCUT2D eigenvalue weighted by molar-refractivity contribution is 0.0145. The summed E-state index contributed by atoms with van der Waals surface area (Å²) in [5, 5.41) is 0. The second kappa shape index (κ2) is 10.3. The Bertz CT molecular complexity index is 1310. The molecule has 0 radical (unpaired) electrons. The summed E-state index contributed by atoms with van der Waals surface area (Å²) in [7, 11) is 2.57. The minimum Gasteiger partial charge on any atom is -0.481 e. The van der Waals surface area contributed by atoms with Crippen molar-refractivity contribution in [3.63, 3.8) is 0 Å². The Morgan fingerprint density at radius 3 is 2.38 bits per heavy atom. The first-order valence-electron chi connectivity index (χ1n) is 11.3. The van der Waals surface area contributed by atoms with Crippen LogP contribution in [0.3, 0.4) is 0 Å². The van der Waals surface area contributed by atoms with Crippen LogP contribution in [0.15, 0.2) is 42.6 Å². The van der Waals surface area contributed by atoms with Crippen molar-refractivity contribution < 1.29 is 36.2 Å². The largest absolute Gasteiger partial charge is 0.481 e. The minimum absolute atomic E-state index is 0.00285. The Hall–Kier alpha value is -3.73. The van der Waals surface area contributed by atoms with Gasteiger partial charge in [0.1, 0.15) is 17.5 Å². The number of urea groups is 1. The first-order chi connectivity index (χ1) is 17.5. The van der Waals surface area contributed by atoms with Gasteiger partial charge >= 0.3 is 6.03 Å². The van der Waals surface area contributed by atoms with Crippen LogP contribution in [-0.2, 0) is 30.2 Å². The van der Waals surface area contributed by atoms with Gasteiger partial charge < -0.3 is 9.47 Å². The number of amides is 2. The molecule has 0 spiro atoms. The van der Waals surface area contributed by atoms with E-state index in [9.17, 15) is 26.7 Å². The van der Waals surface area contributed by atoms with Crippen molar-refractivity contribution >= 4 is 17.4 Å². The molecule has 0 saturated carbocycles. The number of ether oxygens (including phenoxy) is 2. The number of carbonyl (C=O) groups is 1. The van der Waals surface area contributed by atoms with Gasteiger partial charge in [-0.15, -0.1) is 0 Å². The van der Waals surface area contributed by atoms with E-state index >= 15 is 0 Å². The molecule has 6 nitrogen and oxygen atoms in total. The lowest BCUT2D eigenvalue weighted by Crippen LogP contribution is -2.43. The molecule has 0 aliphatic carbocycles. The van der Waals surface area contributed by atoms with Crippen LogP contribution in [0.1, 0.15) is 29.2 Å². The van der Waals surface area contributed by atoms with Gasteiger partial charge in [-0.2, -0.15) is 0 Å². The molecule has 0 bridgehead atoms. The molecule has 0 atom stereocenters. The number of hydrogen-bond donors (Lipinski definition) is 0. The molecule has 2 aromatic carbocycles. The predicted octanol–water partition coefficient (Wildman–Crippen LogP) is 5.95. The van der Waals surface area contributed by atoms with Crippen molar-refractivity contribution in [2.45, 2.75) is 32.4 Å². The van der Waals surface area contributed by atoms with Crippen LogP contribution in [-0.4, -0.2) is 31.8 Å². The molecule has 1 aromatic heterocycles. The average Bonchev–Trinajstić information content (AvgIpc) is 2.98. The van der Waals surface area contributed by atoms with Crippen molar-refractivity contribution in [2.24, 2.45) is 0 Å². The van der Waals surface area contributed by atoms with Crippen LogP contribution in [0.4, 0.5) is 38.1 Å². The van der Waals surface area contributed by atoms with E-state index < -0.39 is 47.1 Å². The first kappa shape index (κ1) is 26.3. The number of methoxy groups -OCH3 is 2. The van der Waals surface area contributed by atoms with E-state index in [0.717, 1.165) is 28.0 Å². The number of anilines is 2. The van der Waals surface area contributed by atoms with Crippen LogP contribution in [0.5, 0.6) is 5.88 Å². The Balaban J connectivity index is 1.81. The highest BCUT2D eigenvalue weighted by atomic mass is 19.3. The highest BCUT2D eigenvalue weighted by Gasteiger charge is 2.35. The second-order valence-corrected chi connectivity index (χ2v) is 8.62. The van der Waals surface area contributed by atoms with Crippen molar-refractivity contribution in [3.8, 4) is 5.88 Å². The maximum atomic E-state index is 14.9. The summed E-state index contributed by atoms with van der Waals surface area (Å²) in [5.41, 5.74) is -0.442. The van der Waals surface area contributed by atoms with Crippen LogP contribution in [0.2, 0.25) is 0 Å². The fraction of sp³-hybridized carbons (Fsp3) is 0.308. The predicted molar refractivity (Wildman–Crippen MR) is 126 cm³/mol. The van der Waals surface area contributed by atoms with Gasteiger partial charge in [-0.05, 0) is 42.3 Å². The van der Waals surface area contributed by atoms with Gasteiger partial charge in [0.25, 0.3) is 5.92 Å². The quantitative estimate of drug-likeness (QED) is 0.361. The summed E-state index contributed by atoms with van der Waals surface area (Å²) in [6, 6.07) is 6.52. The van der Waals surface area contributed by atoms with Gasteiger partial charge in [0, 0.05) is 31.7 Å². The topological polar surface area (TPSA) is 54.9 Å². The fourth-order valence-electron chi connectivity index (χ4n) is 4.29. The minimum atomic E-state index is -3.34. The average molecular weight is 521 g/mol. The number of halogens is 5. The van der Waals surface area contributed by atoms with Gasteiger partial charge in [-0.25, -0.2) is 31.7 Å². The third kappa shape index (κ3) is 5.22. The van der Waals surface area contributed by atoms with Crippen molar-refractivity contribution in [3.05, 3.63) is 82.3 Å². The summed E-state index contributed by atoms with van der Waals surface area (Å²) in [6.45, 7) is -0.0226. The number of aromatic nitrogens is 1. The Morgan fingerprint density at radius 1 is 1.05 bits per heavy atom. The Labute approximate surface area is 210 Å². The van der Waals surface area contributed by atoms with Gasteiger partial charge in [-0.3, -0.25) is 9.80 Å². The summed E-state index contributed by atoms with van der Waals surface area (Å²) in [6.07, 6.45) is 1.20. The molecule has 2 heterocycles. The molecule has 4 rings (SSSR count). The van der Waals surface area contributed by atoms with Crippen molar-refractivity contribution in [1.82, 2.24) is 4.98 Å². The summed E-state index contributed by atoms with van der Waals surface area (Å²) >= 11 is 0. The molecule has 196 valence electrons. The molecule has 0 N–H and O–H groups in total. The van der Waals surface area contributed by atoms with E-state index in [1.54, 1.807) is 0 Å². The molecule has 0 unspecified atom stereocenters. The molecular weight excluding hydrogens is 497 g/mol. The zero-order valence-electron chi connectivity index (χ0n) is 20.3. The standard InChI is InChI=1S/C26H24F5N3O3/c1-26(30,31)19-11-16(12-32-24(19)37-3)33-8-7-17-20(27)5-4-6-23(17)34(25(33)35)13-18-21(28)9-15(14-36-2)10-22(18)29/h4-6,9-12H,7-8,13-14H2,1-3H3. The second-order valence-electron chi connectivity index (χ2n) is 8.62. The van der Waals surface area contributed by atoms with Crippen molar-refractivity contribution in [2.75, 3.05) is 30.6 Å². The lowest BCUT2D eigenvalue weighted by Gasteiger charge is -2.29. The molecule has 37 heavy (non-hydrogen) atoms. The van der Waals surface area contributed by atoms with E-state index in [1.165, 1.54) is 38.6 Å². The number of nitrogens with zero attached hydrogens (tertiary/aromatic N) is 3. The third-order valence-corrected chi connectivity index (χ3v) is 6.07. The Kier molecular flexibility index (Phi) is 7.35. The van der Waals surface area contributed by atoms with E-state index in [0.29, 0.717) is 6.92 Å². The zero-order valence-corrected chi connectivity index (χ0v) is 20.3. The lowest BCUT2D eigenvalue weighted by atomic mass is 10.1.